The number of carbonyl (C=O) groups is 1. The van der Waals surface area contributed by atoms with E-state index in [4.69, 9.17) is 0 Å². The molecule has 0 radical (unpaired) electrons. The van der Waals surface area contributed by atoms with Crippen molar-refractivity contribution >= 4 is 5.97 Å². The number of likely N-dealkylation sites (tertiary alicyclic amines) is 1. The van der Waals surface area contributed by atoms with Crippen LogP contribution >= 0.6 is 0 Å². The average molecular weight is 267 g/mol. The van der Waals surface area contributed by atoms with E-state index in [1.165, 1.54) is 0 Å². The molecule has 18 heavy (non-hydrogen) atoms. The van der Waals surface area contributed by atoms with Crippen molar-refractivity contribution in [3.63, 3.8) is 0 Å². The minimum Gasteiger partial charge on any atom is -0.481 e. The standard InChI is InChI=1S/C12H20F3NO2/c1-2-3-11(10(17)18)4-7-16(8-5-11)9-6-12(13,14)15/h2-9H2,1H3,(H,17,18). The second kappa shape index (κ2) is 5.91. The number of alkyl halides is 3. The third kappa shape index (κ3) is 4.15. The Morgan fingerprint density at radius 3 is 2.28 bits per heavy atom. The van der Waals surface area contributed by atoms with Gasteiger partial charge in [-0.25, -0.2) is 0 Å². The minimum atomic E-state index is -4.13. The van der Waals surface area contributed by atoms with E-state index in [0.29, 0.717) is 32.4 Å². The first-order valence-corrected chi connectivity index (χ1v) is 6.31. The zero-order valence-corrected chi connectivity index (χ0v) is 10.6. The molecule has 0 atom stereocenters. The van der Waals surface area contributed by atoms with Gasteiger partial charge in [0.25, 0.3) is 0 Å². The topological polar surface area (TPSA) is 40.5 Å². The number of hydrogen-bond acceptors (Lipinski definition) is 2. The van der Waals surface area contributed by atoms with E-state index < -0.39 is 24.0 Å². The predicted molar refractivity (Wildman–Crippen MR) is 61.3 cm³/mol. The van der Waals surface area contributed by atoms with E-state index in [1.54, 1.807) is 4.90 Å². The first-order valence-electron chi connectivity index (χ1n) is 6.31. The summed E-state index contributed by atoms with van der Waals surface area (Å²) in [6.45, 7) is 2.80. The van der Waals surface area contributed by atoms with E-state index in [0.717, 1.165) is 6.42 Å². The number of nitrogens with zero attached hydrogens (tertiary/aromatic N) is 1. The van der Waals surface area contributed by atoms with Crippen molar-refractivity contribution in [2.24, 2.45) is 5.41 Å². The van der Waals surface area contributed by atoms with Crippen molar-refractivity contribution < 1.29 is 23.1 Å². The molecule has 106 valence electrons. The lowest BCUT2D eigenvalue weighted by Crippen LogP contribution is -2.45. The molecular formula is C12H20F3NO2. The van der Waals surface area contributed by atoms with Crippen LogP contribution in [0.5, 0.6) is 0 Å². The highest BCUT2D eigenvalue weighted by Gasteiger charge is 2.41. The van der Waals surface area contributed by atoms with Crippen LogP contribution in [0.1, 0.15) is 39.0 Å². The Morgan fingerprint density at radius 2 is 1.89 bits per heavy atom. The van der Waals surface area contributed by atoms with Crippen molar-refractivity contribution in [2.75, 3.05) is 19.6 Å². The Labute approximate surface area is 105 Å². The average Bonchev–Trinajstić information content (AvgIpc) is 2.27. The fraction of sp³-hybridized carbons (Fsp3) is 0.917. The number of carboxylic acid groups (broad SMARTS) is 1. The summed E-state index contributed by atoms with van der Waals surface area (Å²) in [7, 11) is 0. The van der Waals surface area contributed by atoms with E-state index in [2.05, 4.69) is 0 Å². The smallest absolute Gasteiger partial charge is 0.390 e. The maximum Gasteiger partial charge on any atom is 0.390 e. The predicted octanol–water partition coefficient (Wildman–Crippen LogP) is 2.91. The van der Waals surface area contributed by atoms with Gasteiger partial charge in [0.2, 0.25) is 0 Å². The van der Waals surface area contributed by atoms with Crippen molar-refractivity contribution in [2.45, 2.75) is 45.2 Å². The highest BCUT2D eigenvalue weighted by molar-refractivity contribution is 5.74. The largest absolute Gasteiger partial charge is 0.481 e. The molecule has 0 unspecified atom stereocenters. The number of aliphatic carboxylic acids is 1. The molecule has 0 saturated carbocycles. The molecule has 0 spiro atoms. The molecule has 6 heteroatoms. The van der Waals surface area contributed by atoms with Gasteiger partial charge in [0.15, 0.2) is 0 Å². The van der Waals surface area contributed by atoms with Crippen LogP contribution in [0.2, 0.25) is 0 Å². The summed E-state index contributed by atoms with van der Waals surface area (Å²) >= 11 is 0. The summed E-state index contributed by atoms with van der Waals surface area (Å²) in [4.78, 5) is 13.0. The summed E-state index contributed by atoms with van der Waals surface area (Å²) in [6.07, 6.45) is -2.65. The number of rotatable bonds is 5. The van der Waals surface area contributed by atoms with Crippen molar-refractivity contribution in [3.05, 3.63) is 0 Å². The summed E-state index contributed by atoms with van der Waals surface area (Å²) in [5.41, 5.74) is -0.719. The molecule has 1 fully saturated rings. The van der Waals surface area contributed by atoms with Gasteiger partial charge in [0.05, 0.1) is 11.8 Å². The van der Waals surface area contributed by atoms with Gasteiger partial charge >= 0.3 is 12.1 Å². The van der Waals surface area contributed by atoms with Gasteiger partial charge in [0.1, 0.15) is 0 Å². The lowest BCUT2D eigenvalue weighted by molar-refractivity contribution is -0.155. The molecule has 0 aromatic rings. The normalized spacial score (nSPS) is 20.9. The van der Waals surface area contributed by atoms with Gasteiger partial charge in [0, 0.05) is 6.54 Å². The monoisotopic (exact) mass is 267 g/mol. The van der Waals surface area contributed by atoms with Gasteiger partial charge < -0.3 is 10.0 Å². The van der Waals surface area contributed by atoms with E-state index in [1.807, 2.05) is 6.92 Å². The molecule has 1 N–H and O–H groups in total. The third-order valence-corrected chi connectivity index (χ3v) is 3.71. The summed E-state index contributed by atoms with van der Waals surface area (Å²) < 4.78 is 36.3. The maximum absolute atomic E-state index is 12.1. The molecule has 0 aliphatic carbocycles. The molecule has 1 rings (SSSR count). The van der Waals surface area contributed by atoms with E-state index in [9.17, 15) is 23.1 Å². The van der Waals surface area contributed by atoms with Gasteiger partial charge in [-0.15, -0.1) is 0 Å². The Balaban J connectivity index is 2.46. The number of hydrogen-bond donors (Lipinski definition) is 1. The summed E-state index contributed by atoms with van der Waals surface area (Å²) in [6, 6.07) is 0. The van der Waals surface area contributed by atoms with Crippen molar-refractivity contribution in [3.8, 4) is 0 Å². The van der Waals surface area contributed by atoms with Crippen LogP contribution in [0.4, 0.5) is 13.2 Å². The second-order valence-electron chi connectivity index (χ2n) is 5.04. The fourth-order valence-corrected chi connectivity index (χ4v) is 2.54. The Kier molecular flexibility index (Phi) is 5.01. The molecule has 0 aromatic heterocycles. The quantitative estimate of drug-likeness (QED) is 0.832. The number of halogens is 3. The molecule has 3 nitrogen and oxygen atoms in total. The second-order valence-corrected chi connectivity index (χ2v) is 5.04. The number of piperidine rings is 1. The van der Waals surface area contributed by atoms with Gasteiger partial charge in [-0.1, -0.05) is 13.3 Å². The Morgan fingerprint density at radius 1 is 1.33 bits per heavy atom. The zero-order valence-electron chi connectivity index (χ0n) is 10.6. The zero-order chi connectivity index (χ0) is 13.8. The molecule has 1 aliphatic rings. The Bertz CT molecular complexity index is 284. The molecule has 0 bridgehead atoms. The van der Waals surface area contributed by atoms with Crippen LogP contribution in [0.3, 0.4) is 0 Å². The van der Waals surface area contributed by atoms with Crippen LogP contribution in [-0.4, -0.2) is 41.8 Å². The molecule has 0 aromatic carbocycles. The SMILES string of the molecule is CCCC1(C(=O)O)CCN(CCC(F)(F)F)CC1. The maximum atomic E-state index is 12.1. The van der Waals surface area contributed by atoms with E-state index >= 15 is 0 Å². The van der Waals surface area contributed by atoms with Gasteiger partial charge in [-0.05, 0) is 32.4 Å². The third-order valence-electron chi connectivity index (χ3n) is 3.71. The van der Waals surface area contributed by atoms with Crippen LogP contribution in [0.15, 0.2) is 0 Å². The first kappa shape index (κ1) is 15.3. The van der Waals surface area contributed by atoms with E-state index in [-0.39, 0.29) is 6.54 Å². The van der Waals surface area contributed by atoms with Gasteiger partial charge in [-0.3, -0.25) is 4.79 Å². The molecule has 1 saturated heterocycles. The van der Waals surface area contributed by atoms with Crippen LogP contribution in [0.25, 0.3) is 0 Å². The van der Waals surface area contributed by atoms with Crippen molar-refractivity contribution in [1.29, 1.82) is 0 Å². The molecule has 1 heterocycles. The highest BCUT2D eigenvalue weighted by atomic mass is 19.4. The van der Waals surface area contributed by atoms with Crippen LogP contribution in [0, 0.1) is 5.41 Å². The summed E-state index contributed by atoms with van der Waals surface area (Å²) in [5, 5.41) is 9.27. The van der Waals surface area contributed by atoms with Crippen LogP contribution in [-0.2, 0) is 4.79 Å². The molecule has 1 aliphatic heterocycles. The fourth-order valence-electron chi connectivity index (χ4n) is 2.54. The minimum absolute atomic E-state index is 0.0225. The number of carboxylic acids is 1. The van der Waals surface area contributed by atoms with Crippen LogP contribution < -0.4 is 0 Å². The lowest BCUT2D eigenvalue weighted by atomic mass is 9.75. The highest BCUT2D eigenvalue weighted by Crippen LogP contribution is 2.36. The summed E-state index contributed by atoms with van der Waals surface area (Å²) in [5.74, 6) is -0.806. The van der Waals surface area contributed by atoms with Crippen molar-refractivity contribution in [1.82, 2.24) is 4.90 Å². The Hall–Kier alpha value is -0.780. The van der Waals surface area contributed by atoms with Gasteiger partial charge in [-0.2, -0.15) is 13.2 Å². The molecule has 0 amide bonds. The lowest BCUT2D eigenvalue weighted by Gasteiger charge is -2.38. The molecular weight excluding hydrogens is 247 g/mol. The first-order chi connectivity index (χ1) is 8.29.